The maximum Gasteiger partial charge on any atom is 0.108 e. The Morgan fingerprint density at radius 3 is 1.44 bits per heavy atom. The van der Waals surface area contributed by atoms with Gasteiger partial charge in [0, 0.05) is 42.9 Å². The maximum absolute atomic E-state index is 4.86. The Balaban J connectivity index is 0.000000955. The van der Waals surface area contributed by atoms with Gasteiger partial charge >= 0.3 is 0 Å². The fourth-order valence-electron chi connectivity index (χ4n) is 7.36. The first-order valence-electron chi connectivity index (χ1n) is 21.5. The first kappa shape index (κ1) is 46.6. The molecule has 0 saturated heterocycles. The monoisotopic (exact) mass is 802 g/mol. The van der Waals surface area contributed by atoms with Crippen molar-refractivity contribution in [2.75, 3.05) is 0 Å². The van der Waals surface area contributed by atoms with Gasteiger partial charge in [0.05, 0.1) is 5.52 Å². The lowest BCUT2D eigenvalue weighted by Gasteiger charge is -2.16. The Labute approximate surface area is 328 Å². The van der Waals surface area contributed by atoms with Crippen molar-refractivity contribution < 1.29 is 0 Å². The molecule has 1 atom stereocenters. The highest BCUT2D eigenvalue weighted by Gasteiger charge is 2.15. The van der Waals surface area contributed by atoms with Crippen LogP contribution in [0.4, 0.5) is 0 Å². The fraction of sp³-hybridized carbons (Fsp3) is 0.739. The number of nitrogens with zero attached hydrogens (tertiary/aromatic N) is 3. The van der Waals surface area contributed by atoms with Crippen LogP contribution in [-0.2, 0) is 13.5 Å². The Kier molecular flexibility index (Phi) is 31.1. The van der Waals surface area contributed by atoms with E-state index in [0.717, 1.165) is 11.9 Å². The van der Waals surface area contributed by atoms with E-state index in [0.29, 0.717) is 5.92 Å². The molecule has 2 aromatic heterocycles. The number of halogens is 1. The van der Waals surface area contributed by atoms with Crippen LogP contribution in [0.3, 0.4) is 0 Å². The second-order valence-electron chi connectivity index (χ2n) is 15.0. The zero-order valence-electron chi connectivity index (χ0n) is 33.5. The number of fused-ring (bicyclic) bond motifs is 1. The van der Waals surface area contributed by atoms with Crippen molar-refractivity contribution in [3.8, 4) is 0 Å². The Bertz CT molecular complexity index is 1080. The summed E-state index contributed by atoms with van der Waals surface area (Å²) in [5.74, 6) is 2.01. The van der Waals surface area contributed by atoms with E-state index in [9.17, 15) is 0 Å². The molecule has 0 aliphatic carbocycles. The van der Waals surface area contributed by atoms with E-state index in [1.807, 2.05) is 30.5 Å². The zero-order chi connectivity index (χ0) is 35.0. The Hall–Kier alpha value is -1.43. The SMILES string of the molecule is CCCCCCCCCCCCCCCc1ncc(C(CC)CCCCCCCCCCCCCCC)n1C.I.c1ccc2ncccc2c1. The molecule has 1 unspecified atom stereocenters. The largest absolute Gasteiger partial charge is 0.335 e. The van der Waals surface area contributed by atoms with Gasteiger partial charge < -0.3 is 4.57 Å². The van der Waals surface area contributed by atoms with Gasteiger partial charge in [-0.3, -0.25) is 4.98 Å². The number of rotatable bonds is 30. The molecule has 50 heavy (non-hydrogen) atoms. The zero-order valence-corrected chi connectivity index (χ0v) is 35.8. The van der Waals surface area contributed by atoms with Gasteiger partial charge in [-0.25, -0.2) is 4.98 Å². The average molecular weight is 802 g/mol. The van der Waals surface area contributed by atoms with Gasteiger partial charge in [0.25, 0.3) is 0 Å². The van der Waals surface area contributed by atoms with Crippen LogP contribution < -0.4 is 0 Å². The molecule has 0 amide bonds. The molecule has 0 aliphatic rings. The van der Waals surface area contributed by atoms with Crippen molar-refractivity contribution in [2.24, 2.45) is 7.05 Å². The number of imidazole rings is 1. The van der Waals surface area contributed by atoms with Gasteiger partial charge in [-0.15, -0.1) is 24.0 Å². The number of aromatic nitrogens is 3. The summed E-state index contributed by atoms with van der Waals surface area (Å²) in [6, 6.07) is 12.1. The molecule has 0 aliphatic heterocycles. The summed E-state index contributed by atoms with van der Waals surface area (Å²) in [5.41, 5.74) is 2.55. The van der Waals surface area contributed by atoms with Gasteiger partial charge in [-0.1, -0.05) is 206 Å². The molecule has 0 radical (unpaired) electrons. The molecular formula is C46H80IN3. The molecular weight excluding hydrogens is 721 g/mol. The molecule has 0 spiro atoms. The summed E-state index contributed by atoms with van der Waals surface area (Å²) in [4.78, 5) is 9.04. The van der Waals surface area contributed by atoms with Crippen LogP contribution >= 0.6 is 24.0 Å². The predicted molar refractivity (Wildman–Crippen MR) is 233 cm³/mol. The molecule has 3 aromatic rings. The first-order valence-corrected chi connectivity index (χ1v) is 21.5. The highest BCUT2D eigenvalue weighted by molar-refractivity contribution is 14.0. The van der Waals surface area contributed by atoms with Crippen LogP contribution in [0.2, 0.25) is 0 Å². The lowest BCUT2D eigenvalue weighted by atomic mass is 9.95. The van der Waals surface area contributed by atoms with Gasteiger partial charge in [-0.05, 0) is 31.4 Å². The van der Waals surface area contributed by atoms with Crippen molar-refractivity contribution in [3.63, 3.8) is 0 Å². The molecule has 4 heteroatoms. The van der Waals surface area contributed by atoms with Crippen molar-refractivity contribution in [3.05, 3.63) is 60.3 Å². The number of benzene rings is 1. The number of unbranched alkanes of at least 4 members (excludes halogenated alkanes) is 24. The van der Waals surface area contributed by atoms with E-state index in [1.165, 1.54) is 197 Å². The molecule has 2 heterocycles. The number of para-hydroxylation sites is 1. The minimum absolute atomic E-state index is 0. The molecule has 0 saturated carbocycles. The molecule has 0 N–H and O–H groups in total. The van der Waals surface area contributed by atoms with Crippen LogP contribution in [0.15, 0.2) is 48.8 Å². The third-order valence-electron chi connectivity index (χ3n) is 10.7. The topological polar surface area (TPSA) is 30.7 Å². The van der Waals surface area contributed by atoms with Crippen LogP contribution in [0, 0.1) is 0 Å². The summed E-state index contributed by atoms with van der Waals surface area (Å²) >= 11 is 0. The smallest absolute Gasteiger partial charge is 0.108 e. The molecule has 3 nitrogen and oxygen atoms in total. The van der Waals surface area contributed by atoms with E-state index in [1.54, 1.807) is 0 Å². The summed E-state index contributed by atoms with van der Waals surface area (Å²) in [6.45, 7) is 6.97. The standard InChI is InChI=1S/C37H72N2.C9H7N.HI/c1-5-8-10-12-14-16-18-20-22-24-26-28-30-32-35(7-3)36-34-38-37(39(36)4)33-31-29-27-25-23-21-19-17-15-13-11-9-6-2;1-2-6-9-8(4-1)5-3-7-10-9;/h34-35H,5-33H2,1-4H3;1-7H;1H. The summed E-state index contributed by atoms with van der Waals surface area (Å²) in [6.07, 6.45) is 44.9. The van der Waals surface area contributed by atoms with E-state index in [4.69, 9.17) is 4.98 Å². The maximum atomic E-state index is 4.86. The Morgan fingerprint density at radius 1 is 0.520 bits per heavy atom. The molecule has 0 fully saturated rings. The van der Waals surface area contributed by atoms with Crippen LogP contribution in [0.5, 0.6) is 0 Å². The lowest BCUT2D eigenvalue weighted by Crippen LogP contribution is -2.07. The van der Waals surface area contributed by atoms with Gasteiger partial charge in [-0.2, -0.15) is 0 Å². The van der Waals surface area contributed by atoms with E-state index in [-0.39, 0.29) is 24.0 Å². The third kappa shape index (κ3) is 22.5. The van der Waals surface area contributed by atoms with E-state index in [2.05, 4.69) is 55.7 Å². The number of pyridine rings is 1. The van der Waals surface area contributed by atoms with Crippen LogP contribution in [0.25, 0.3) is 10.9 Å². The quantitative estimate of drug-likeness (QED) is 0.0497. The average Bonchev–Trinajstić information content (AvgIpc) is 3.50. The number of hydrogen-bond donors (Lipinski definition) is 0. The minimum atomic E-state index is 0. The van der Waals surface area contributed by atoms with Crippen LogP contribution in [0.1, 0.15) is 218 Å². The highest BCUT2D eigenvalue weighted by atomic mass is 127. The minimum Gasteiger partial charge on any atom is -0.335 e. The van der Waals surface area contributed by atoms with Crippen molar-refractivity contribution >= 4 is 34.9 Å². The van der Waals surface area contributed by atoms with Crippen molar-refractivity contribution in [1.82, 2.24) is 14.5 Å². The fourth-order valence-corrected chi connectivity index (χ4v) is 7.36. The Morgan fingerprint density at radius 2 is 0.960 bits per heavy atom. The van der Waals surface area contributed by atoms with Gasteiger partial charge in [0.2, 0.25) is 0 Å². The van der Waals surface area contributed by atoms with Crippen LogP contribution in [-0.4, -0.2) is 14.5 Å². The first-order chi connectivity index (χ1) is 24.2. The second kappa shape index (κ2) is 33.4. The number of hydrogen-bond acceptors (Lipinski definition) is 2. The molecule has 3 rings (SSSR count). The van der Waals surface area contributed by atoms with Crippen molar-refractivity contribution in [1.29, 1.82) is 0 Å². The lowest BCUT2D eigenvalue weighted by molar-refractivity contribution is 0.500. The normalized spacial score (nSPS) is 11.7. The molecule has 0 bridgehead atoms. The van der Waals surface area contributed by atoms with E-state index >= 15 is 0 Å². The highest BCUT2D eigenvalue weighted by Crippen LogP contribution is 2.27. The predicted octanol–water partition coefficient (Wildman–Crippen LogP) is 15.9. The van der Waals surface area contributed by atoms with Gasteiger partial charge in [0.15, 0.2) is 0 Å². The third-order valence-corrected chi connectivity index (χ3v) is 10.7. The second-order valence-corrected chi connectivity index (χ2v) is 15.0. The van der Waals surface area contributed by atoms with Gasteiger partial charge in [0.1, 0.15) is 5.82 Å². The summed E-state index contributed by atoms with van der Waals surface area (Å²) in [7, 11) is 2.27. The van der Waals surface area contributed by atoms with Crippen molar-refractivity contribution in [2.45, 2.75) is 213 Å². The van der Waals surface area contributed by atoms with E-state index < -0.39 is 0 Å². The molecule has 286 valence electrons. The summed E-state index contributed by atoms with van der Waals surface area (Å²) in [5, 5.41) is 1.20. The molecule has 1 aromatic carbocycles. The summed E-state index contributed by atoms with van der Waals surface area (Å²) < 4.78 is 2.44. The number of aryl methyl sites for hydroxylation is 1.